The molecule has 3 aliphatic rings. The predicted molar refractivity (Wildman–Crippen MR) is 593 cm³/mol. The normalized spacial score (nSPS) is 11.9. The first kappa shape index (κ1) is 84.5. The van der Waals surface area contributed by atoms with E-state index < -0.39 is 0 Å². The van der Waals surface area contributed by atoms with Crippen molar-refractivity contribution >= 4 is 88.5 Å². The second-order valence-electron chi connectivity index (χ2n) is 36.3. The molecule has 0 unspecified atom stereocenters. The minimum absolute atomic E-state index is 0.568. The zero-order valence-electron chi connectivity index (χ0n) is 78.4. The van der Waals surface area contributed by atoms with Crippen molar-refractivity contribution < 1.29 is 4.74 Å². The van der Waals surface area contributed by atoms with Gasteiger partial charge in [0.1, 0.15) is 17.3 Å². The molecule has 0 saturated carbocycles. The highest BCUT2D eigenvalue weighted by atomic mass is 16.5. The van der Waals surface area contributed by atoms with Gasteiger partial charge >= 0.3 is 0 Å². The number of nitrogens with zero attached hydrogens (tertiary/aromatic N) is 12. The van der Waals surface area contributed by atoms with Gasteiger partial charge in [-0.2, -0.15) is 9.97 Å². The van der Waals surface area contributed by atoms with E-state index in [0.29, 0.717) is 23.4 Å². The molecule has 9 heterocycles. The summed E-state index contributed by atoms with van der Waals surface area (Å²) in [5.41, 5.74) is 35.5. The lowest BCUT2D eigenvalue weighted by molar-refractivity contribution is 0.487. The van der Waals surface area contributed by atoms with Crippen LogP contribution in [0.2, 0.25) is 0 Å². The van der Waals surface area contributed by atoms with Crippen LogP contribution in [0.15, 0.2) is 522 Å². The first-order chi connectivity index (χ1) is 72.0. The summed E-state index contributed by atoms with van der Waals surface area (Å²) >= 11 is 0. The molecule has 26 aromatic rings. The van der Waals surface area contributed by atoms with Crippen molar-refractivity contribution in [1.82, 2.24) is 48.2 Å². The van der Waals surface area contributed by atoms with Gasteiger partial charge in [0.2, 0.25) is 5.95 Å². The summed E-state index contributed by atoms with van der Waals surface area (Å²) in [5.74, 6) is 5.03. The highest BCUT2D eigenvalue weighted by Gasteiger charge is 2.37. The van der Waals surface area contributed by atoms with E-state index in [2.05, 4.69) is 465 Å². The summed E-state index contributed by atoms with van der Waals surface area (Å²) in [4.78, 5) is 35.9. The molecule has 0 bridgehead atoms. The molecule has 29 rings (SSSR count). The van der Waals surface area contributed by atoms with Crippen molar-refractivity contribution in [3.05, 3.63) is 522 Å². The molecule has 6 aromatic heterocycles. The van der Waals surface area contributed by atoms with Gasteiger partial charge in [0.15, 0.2) is 17.5 Å². The third kappa shape index (κ3) is 14.8. The number of imidazole rings is 1. The molecule has 0 radical (unpaired) electrons. The molecule has 680 valence electrons. The molecular weight excluding hydrogens is 1770 g/mol. The molecule has 0 aliphatic carbocycles. The van der Waals surface area contributed by atoms with Gasteiger partial charge < -0.3 is 23.7 Å². The Morgan fingerprint density at radius 3 is 1.16 bits per heavy atom. The highest BCUT2D eigenvalue weighted by molar-refractivity contribution is 6.15. The molecule has 20 aromatic carbocycles. The number of rotatable bonds is 12. The zero-order chi connectivity index (χ0) is 95.8. The van der Waals surface area contributed by atoms with Crippen LogP contribution >= 0.6 is 0 Å². The number of anilines is 6. The molecule has 0 spiro atoms. The first-order valence-corrected chi connectivity index (χ1v) is 48.9. The Morgan fingerprint density at radius 1 is 0.200 bits per heavy atom. The second kappa shape index (κ2) is 35.9. The Balaban J connectivity index is 0.000000108. The Kier molecular flexibility index (Phi) is 20.9. The maximum atomic E-state index is 6.65. The van der Waals surface area contributed by atoms with Crippen molar-refractivity contribution in [1.29, 1.82) is 0 Å². The van der Waals surface area contributed by atoms with E-state index >= 15 is 0 Å². The number of hydrogen-bond donors (Lipinski definition) is 0. The van der Waals surface area contributed by atoms with Crippen molar-refractivity contribution in [3.8, 4) is 170 Å². The predicted octanol–water partition coefficient (Wildman–Crippen LogP) is 34.0. The third-order valence-corrected chi connectivity index (χ3v) is 27.9. The summed E-state index contributed by atoms with van der Waals surface area (Å²) in [5, 5.41) is 6.97. The fourth-order valence-corrected chi connectivity index (χ4v) is 21.5. The molecule has 145 heavy (non-hydrogen) atoms. The van der Waals surface area contributed by atoms with Crippen molar-refractivity contribution in [2.75, 3.05) is 9.80 Å². The van der Waals surface area contributed by atoms with E-state index in [-0.39, 0.29) is 0 Å². The van der Waals surface area contributed by atoms with Crippen molar-refractivity contribution in [3.63, 3.8) is 0 Å². The van der Waals surface area contributed by atoms with Gasteiger partial charge in [-0.05, 0) is 172 Å². The Bertz CT molecular complexity index is 9320. The summed E-state index contributed by atoms with van der Waals surface area (Å²) in [7, 11) is 0. The Labute approximate surface area is 837 Å². The molecular formula is C132H86N12O. The summed E-state index contributed by atoms with van der Waals surface area (Å²) in [6.07, 6.45) is 2.15. The zero-order valence-corrected chi connectivity index (χ0v) is 78.4. The van der Waals surface area contributed by atoms with Crippen LogP contribution in [0, 0.1) is 0 Å². The van der Waals surface area contributed by atoms with Gasteiger partial charge in [0.05, 0.1) is 73.3 Å². The minimum atomic E-state index is 0.568. The van der Waals surface area contributed by atoms with Gasteiger partial charge in [-0.25, -0.2) is 19.9 Å². The maximum Gasteiger partial charge on any atom is 0.238 e. The number of benzene rings is 20. The molecule has 0 atom stereocenters. The van der Waals surface area contributed by atoms with E-state index in [1.807, 2.05) is 84.9 Å². The van der Waals surface area contributed by atoms with E-state index in [0.717, 1.165) is 180 Å². The number of fused-ring (bicyclic) bond motifs is 22. The SMILES string of the molecule is c1ccc(-c2nc(-c3ccccc3)nc(-n3c4c(c5ccccc53)N(c3ccccc3)c3ccccc3-c3ccccc3-4)n2)cc1.c1ccc(-c2nc3ccccc3n2-c2ccc(N3c4ccccc4-c4ccccc4-c4c3c3ccccc3n4-c3ccccc3)cc2)cc1.c1ccc(-n2ccc3c2-c2ccccc2Oc2ccc(-c4nc(-c5cccc6ccccc56)cc(-c5cccc6ccccc56)n4)cc2-3)cc1. The van der Waals surface area contributed by atoms with Crippen LogP contribution < -0.4 is 14.5 Å². The molecule has 13 heteroatoms. The topological polar surface area (TPSA) is 113 Å². The molecule has 0 N–H and O–H groups in total. The number of aromatic nitrogens is 10. The van der Waals surface area contributed by atoms with Crippen LogP contribution in [0.1, 0.15) is 0 Å². The minimum Gasteiger partial charge on any atom is -0.456 e. The highest BCUT2D eigenvalue weighted by Crippen LogP contribution is 2.59. The second-order valence-corrected chi connectivity index (χ2v) is 36.3. The van der Waals surface area contributed by atoms with E-state index in [4.69, 9.17) is 34.6 Å². The quantitative estimate of drug-likeness (QED) is 0.118. The molecule has 0 fully saturated rings. The lowest BCUT2D eigenvalue weighted by Gasteiger charge is -2.27. The number of ether oxygens (including phenoxy) is 1. The standard InChI is InChI=1S/C46H29N3O.C45H30N4.C41H27N5/c1-2-16-33(17-3-1)49-27-26-38-40-28-32(24-25-44(40)50-43-23-9-8-20-39(43)45(38)49)46-47-41(36-21-10-14-30-12-4-6-18-34(30)36)29-42(48-46)37-22-11-15-31-13-5-7-19-35(31)37;1-3-15-31(16-4-1)45-46-39-23-11-14-26-42(39)49(45)34-29-27-33(28-30-34)48-40-24-12-9-20-36(40)35-19-7-8-21-37(35)43-44(48)38-22-10-13-25-41(38)47(43)32-17-5-2-6-18-32;1-4-16-28(17-5-1)39-42-40(29-18-6-2-7-19-29)44-41(43-39)46-36-27-15-13-25-34(36)38-37(46)33-24-11-10-22-31(33)32-23-12-14-26-35(32)45(38)30-20-8-3-9-21-30/h1-29H;1-30H;1-27H. The number of para-hydroxylation sites is 10. The average molecular weight is 1860 g/mol. The third-order valence-electron chi connectivity index (χ3n) is 27.9. The van der Waals surface area contributed by atoms with Gasteiger partial charge in [-0.15, -0.1) is 0 Å². The van der Waals surface area contributed by atoms with Gasteiger partial charge in [-0.1, -0.05) is 376 Å². The summed E-state index contributed by atoms with van der Waals surface area (Å²) < 4.78 is 15.8. The monoisotopic (exact) mass is 1850 g/mol. The van der Waals surface area contributed by atoms with E-state index in [1.165, 1.54) is 55.3 Å². The lowest BCUT2D eigenvalue weighted by Crippen LogP contribution is -2.11. The van der Waals surface area contributed by atoms with Gasteiger partial charge in [0, 0.05) is 118 Å². The Morgan fingerprint density at radius 2 is 0.593 bits per heavy atom. The lowest BCUT2D eigenvalue weighted by atomic mass is 9.97. The largest absolute Gasteiger partial charge is 0.456 e. The molecule has 0 saturated heterocycles. The van der Waals surface area contributed by atoms with Gasteiger partial charge in [-0.3, -0.25) is 9.13 Å². The van der Waals surface area contributed by atoms with E-state index in [1.54, 1.807) is 0 Å². The van der Waals surface area contributed by atoms with Crippen LogP contribution in [0.3, 0.4) is 0 Å². The van der Waals surface area contributed by atoms with Crippen LogP contribution in [-0.4, -0.2) is 48.2 Å². The van der Waals surface area contributed by atoms with Crippen LogP contribution in [-0.2, 0) is 0 Å². The molecule has 3 aliphatic heterocycles. The smallest absolute Gasteiger partial charge is 0.238 e. The van der Waals surface area contributed by atoms with Gasteiger partial charge in [0.25, 0.3) is 0 Å². The fourth-order valence-electron chi connectivity index (χ4n) is 21.5. The summed E-state index contributed by atoms with van der Waals surface area (Å²) in [6.45, 7) is 0. The maximum absolute atomic E-state index is 6.65. The van der Waals surface area contributed by atoms with E-state index in [9.17, 15) is 0 Å². The number of hydrogen-bond acceptors (Lipinski definition) is 9. The van der Waals surface area contributed by atoms with Crippen LogP contribution in [0.4, 0.5) is 34.1 Å². The fraction of sp³-hybridized carbons (Fsp3) is 0. The van der Waals surface area contributed by atoms with Crippen molar-refractivity contribution in [2.24, 2.45) is 0 Å². The molecule has 0 amide bonds. The van der Waals surface area contributed by atoms with Crippen LogP contribution in [0.5, 0.6) is 11.5 Å². The Hall–Kier alpha value is -19.8. The van der Waals surface area contributed by atoms with Crippen molar-refractivity contribution in [2.45, 2.75) is 0 Å². The molecule has 13 nitrogen and oxygen atoms in total. The first-order valence-electron chi connectivity index (χ1n) is 48.9. The summed E-state index contributed by atoms with van der Waals surface area (Å²) in [6, 6.07) is 181. The average Bonchev–Trinajstić information content (AvgIpc) is 1.55. The van der Waals surface area contributed by atoms with Crippen LogP contribution in [0.25, 0.3) is 213 Å².